The van der Waals surface area contributed by atoms with E-state index in [-0.39, 0.29) is 18.1 Å². The summed E-state index contributed by atoms with van der Waals surface area (Å²) in [6, 6.07) is 7.89. The van der Waals surface area contributed by atoms with Crippen LogP contribution in [0.3, 0.4) is 0 Å². The first kappa shape index (κ1) is 12.6. The molecule has 0 radical (unpaired) electrons. The Morgan fingerprint density at radius 1 is 1.32 bits per heavy atom. The van der Waals surface area contributed by atoms with Gasteiger partial charge in [-0.2, -0.15) is 0 Å². The molecule has 4 heteroatoms. The molecule has 0 spiro atoms. The predicted octanol–water partition coefficient (Wildman–Crippen LogP) is 1.54. The Hall–Kier alpha value is -1.39. The molecule has 2 fully saturated rings. The van der Waals surface area contributed by atoms with Crippen LogP contribution in [0.5, 0.6) is 0 Å². The van der Waals surface area contributed by atoms with Crippen molar-refractivity contribution in [2.45, 2.75) is 38.0 Å². The van der Waals surface area contributed by atoms with E-state index in [2.05, 4.69) is 0 Å². The van der Waals surface area contributed by atoms with Crippen LogP contribution in [0.25, 0.3) is 0 Å². The SMILES string of the molecule is NCc1ccc(C(=O)N2CCOC3CCCC32)cc1. The standard InChI is InChI=1S/C15H20N2O2/c16-10-11-4-6-12(7-5-11)15(18)17-8-9-19-14-3-1-2-13(14)17/h4-7,13-14H,1-3,8-10,16H2. The van der Waals surface area contributed by atoms with E-state index in [0.717, 1.165) is 30.4 Å². The third kappa shape index (κ3) is 2.38. The third-order valence-electron chi connectivity index (χ3n) is 4.18. The van der Waals surface area contributed by atoms with Crippen molar-refractivity contribution in [2.75, 3.05) is 13.2 Å². The van der Waals surface area contributed by atoms with Gasteiger partial charge < -0.3 is 15.4 Å². The van der Waals surface area contributed by atoms with Crippen LogP contribution in [0, 0.1) is 0 Å². The molecule has 1 aromatic rings. The van der Waals surface area contributed by atoms with Crippen LogP contribution in [-0.2, 0) is 11.3 Å². The minimum Gasteiger partial charge on any atom is -0.374 e. The van der Waals surface area contributed by atoms with Gasteiger partial charge >= 0.3 is 0 Å². The molecule has 0 bridgehead atoms. The molecule has 2 N–H and O–H groups in total. The number of rotatable bonds is 2. The summed E-state index contributed by atoms with van der Waals surface area (Å²) in [5.41, 5.74) is 7.38. The molecule has 4 nitrogen and oxygen atoms in total. The molecule has 19 heavy (non-hydrogen) atoms. The summed E-state index contributed by atoms with van der Waals surface area (Å²) in [5.74, 6) is 0.128. The summed E-state index contributed by atoms with van der Waals surface area (Å²) >= 11 is 0. The molecule has 2 atom stereocenters. The first-order chi connectivity index (χ1) is 9.29. The molecule has 0 aromatic heterocycles. The monoisotopic (exact) mass is 260 g/mol. The molecule has 1 amide bonds. The van der Waals surface area contributed by atoms with Crippen LogP contribution in [0.1, 0.15) is 35.2 Å². The Balaban J connectivity index is 1.78. The molecule has 102 valence electrons. The number of benzene rings is 1. The van der Waals surface area contributed by atoms with Crippen molar-refractivity contribution in [3.05, 3.63) is 35.4 Å². The summed E-state index contributed by atoms with van der Waals surface area (Å²) in [6.45, 7) is 1.88. The second kappa shape index (κ2) is 5.31. The number of fused-ring (bicyclic) bond motifs is 1. The van der Waals surface area contributed by atoms with Crippen LogP contribution < -0.4 is 5.73 Å². The quantitative estimate of drug-likeness (QED) is 0.877. The summed E-state index contributed by atoms with van der Waals surface area (Å²) in [7, 11) is 0. The third-order valence-corrected chi connectivity index (χ3v) is 4.18. The van der Waals surface area contributed by atoms with E-state index in [1.54, 1.807) is 0 Å². The highest BCUT2D eigenvalue weighted by Gasteiger charge is 2.38. The minimum absolute atomic E-state index is 0.128. The van der Waals surface area contributed by atoms with E-state index in [9.17, 15) is 4.79 Å². The number of morpholine rings is 1. The van der Waals surface area contributed by atoms with E-state index < -0.39 is 0 Å². The molecule has 1 aromatic carbocycles. The van der Waals surface area contributed by atoms with Gasteiger partial charge in [-0.1, -0.05) is 12.1 Å². The van der Waals surface area contributed by atoms with E-state index in [1.165, 1.54) is 0 Å². The number of hydrogen-bond donors (Lipinski definition) is 1. The Bertz CT molecular complexity index is 458. The highest BCUT2D eigenvalue weighted by atomic mass is 16.5. The van der Waals surface area contributed by atoms with Crippen LogP contribution in [-0.4, -0.2) is 36.1 Å². The maximum atomic E-state index is 12.6. The zero-order chi connectivity index (χ0) is 13.2. The molecule has 1 aliphatic heterocycles. The summed E-state index contributed by atoms with van der Waals surface area (Å²) in [5, 5.41) is 0. The van der Waals surface area contributed by atoms with Crippen molar-refractivity contribution in [1.29, 1.82) is 0 Å². The fourth-order valence-corrected chi connectivity index (χ4v) is 3.13. The Kier molecular flexibility index (Phi) is 3.53. The number of carbonyl (C=O) groups excluding carboxylic acids is 1. The maximum absolute atomic E-state index is 12.6. The Morgan fingerprint density at radius 2 is 2.11 bits per heavy atom. The normalized spacial score (nSPS) is 26.3. The predicted molar refractivity (Wildman–Crippen MR) is 72.7 cm³/mol. The molecule has 3 rings (SSSR count). The lowest BCUT2D eigenvalue weighted by Gasteiger charge is -2.37. The largest absolute Gasteiger partial charge is 0.374 e. The first-order valence-corrected chi connectivity index (χ1v) is 7.01. The molecule has 1 aliphatic carbocycles. The van der Waals surface area contributed by atoms with Gasteiger partial charge in [0.05, 0.1) is 18.8 Å². The topological polar surface area (TPSA) is 55.6 Å². The maximum Gasteiger partial charge on any atom is 0.254 e. The summed E-state index contributed by atoms with van der Waals surface area (Å²) in [6.07, 6.45) is 3.56. The average Bonchev–Trinajstić information content (AvgIpc) is 2.95. The Morgan fingerprint density at radius 3 is 2.84 bits per heavy atom. The average molecular weight is 260 g/mol. The van der Waals surface area contributed by atoms with Gasteiger partial charge in [-0.05, 0) is 37.0 Å². The van der Waals surface area contributed by atoms with Crippen LogP contribution in [0.15, 0.2) is 24.3 Å². The lowest BCUT2D eigenvalue weighted by Crippen LogP contribution is -2.51. The second-order valence-corrected chi connectivity index (χ2v) is 5.31. The van der Waals surface area contributed by atoms with Crippen molar-refractivity contribution in [3.63, 3.8) is 0 Å². The highest BCUT2D eigenvalue weighted by Crippen LogP contribution is 2.30. The van der Waals surface area contributed by atoms with Gasteiger partial charge in [-0.3, -0.25) is 4.79 Å². The first-order valence-electron chi connectivity index (χ1n) is 7.01. The zero-order valence-electron chi connectivity index (χ0n) is 11.0. The lowest BCUT2D eigenvalue weighted by atomic mass is 10.1. The minimum atomic E-state index is 0.128. The summed E-state index contributed by atoms with van der Waals surface area (Å²) < 4.78 is 5.74. The van der Waals surface area contributed by atoms with Crippen LogP contribution >= 0.6 is 0 Å². The lowest BCUT2D eigenvalue weighted by molar-refractivity contribution is -0.0445. The van der Waals surface area contributed by atoms with Crippen molar-refractivity contribution < 1.29 is 9.53 Å². The van der Waals surface area contributed by atoms with Gasteiger partial charge in [0, 0.05) is 18.7 Å². The molecule has 1 heterocycles. The van der Waals surface area contributed by atoms with Crippen molar-refractivity contribution in [2.24, 2.45) is 5.73 Å². The van der Waals surface area contributed by atoms with E-state index >= 15 is 0 Å². The number of hydrogen-bond acceptors (Lipinski definition) is 3. The second-order valence-electron chi connectivity index (χ2n) is 5.31. The van der Waals surface area contributed by atoms with E-state index in [1.807, 2.05) is 29.2 Å². The number of carbonyl (C=O) groups is 1. The summed E-state index contributed by atoms with van der Waals surface area (Å²) in [4.78, 5) is 14.6. The van der Waals surface area contributed by atoms with Gasteiger partial charge in [0.15, 0.2) is 0 Å². The molecule has 2 unspecified atom stereocenters. The van der Waals surface area contributed by atoms with E-state index in [4.69, 9.17) is 10.5 Å². The molecule has 1 saturated carbocycles. The Labute approximate surface area is 113 Å². The van der Waals surface area contributed by atoms with Crippen LogP contribution in [0.2, 0.25) is 0 Å². The van der Waals surface area contributed by atoms with Crippen molar-refractivity contribution in [1.82, 2.24) is 4.90 Å². The number of nitrogens with zero attached hydrogens (tertiary/aromatic N) is 1. The zero-order valence-corrected chi connectivity index (χ0v) is 11.0. The highest BCUT2D eigenvalue weighted by molar-refractivity contribution is 5.94. The van der Waals surface area contributed by atoms with Gasteiger partial charge in [0.2, 0.25) is 0 Å². The van der Waals surface area contributed by atoms with Gasteiger partial charge in [0.1, 0.15) is 0 Å². The van der Waals surface area contributed by atoms with E-state index in [0.29, 0.717) is 19.7 Å². The number of amides is 1. The van der Waals surface area contributed by atoms with Crippen molar-refractivity contribution >= 4 is 5.91 Å². The van der Waals surface area contributed by atoms with Gasteiger partial charge in [0.25, 0.3) is 5.91 Å². The van der Waals surface area contributed by atoms with Gasteiger partial charge in [-0.15, -0.1) is 0 Å². The molecular formula is C15H20N2O2. The van der Waals surface area contributed by atoms with Gasteiger partial charge in [-0.25, -0.2) is 0 Å². The number of ether oxygens (including phenoxy) is 1. The smallest absolute Gasteiger partial charge is 0.254 e. The van der Waals surface area contributed by atoms with Crippen LogP contribution in [0.4, 0.5) is 0 Å². The molecular weight excluding hydrogens is 240 g/mol. The molecule has 1 saturated heterocycles. The van der Waals surface area contributed by atoms with Crippen molar-refractivity contribution in [3.8, 4) is 0 Å². The fourth-order valence-electron chi connectivity index (χ4n) is 3.13. The number of nitrogens with two attached hydrogens (primary N) is 1. The fraction of sp³-hybridized carbons (Fsp3) is 0.533. The molecule has 2 aliphatic rings.